The molecule has 1 amide bonds. The lowest BCUT2D eigenvalue weighted by molar-refractivity contribution is 0.0959. The van der Waals surface area contributed by atoms with Crippen molar-refractivity contribution in [3.8, 4) is 0 Å². The second kappa shape index (κ2) is 6.18. The quantitative estimate of drug-likeness (QED) is 0.684. The van der Waals surface area contributed by atoms with Crippen LogP contribution >= 0.6 is 11.3 Å². The van der Waals surface area contributed by atoms with E-state index in [1.54, 1.807) is 18.2 Å². The number of benzene rings is 1. The van der Waals surface area contributed by atoms with E-state index in [0.717, 1.165) is 12.8 Å². The van der Waals surface area contributed by atoms with Gasteiger partial charge in [-0.2, -0.15) is 5.10 Å². The van der Waals surface area contributed by atoms with Crippen LogP contribution in [0.1, 0.15) is 38.5 Å². The smallest absolute Gasteiger partial charge is 0.266 e. The molecule has 1 aliphatic rings. The molecule has 3 rings (SSSR count). The summed E-state index contributed by atoms with van der Waals surface area (Å²) in [6.45, 7) is 0. The van der Waals surface area contributed by atoms with Gasteiger partial charge in [-0.15, -0.1) is 11.3 Å². The van der Waals surface area contributed by atoms with E-state index in [0.29, 0.717) is 10.4 Å². The molecule has 0 fully saturated rings. The normalized spacial score (nSPS) is 14.1. The van der Waals surface area contributed by atoms with Crippen LogP contribution in [0.4, 0.5) is 4.39 Å². The number of hydrogen-bond acceptors (Lipinski definition) is 3. The highest BCUT2D eigenvalue weighted by Gasteiger charge is 2.16. The van der Waals surface area contributed by atoms with E-state index < -0.39 is 0 Å². The molecule has 3 nitrogen and oxygen atoms in total. The van der Waals surface area contributed by atoms with E-state index in [1.807, 2.05) is 6.07 Å². The Morgan fingerprint density at radius 1 is 1.29 bits per heavy atom. The van der Waals surface area contributed by atoms with Gasteiger partial charge < -0.3 is 0 Å². The zero-order chi connectivity index (χ0) is 14.7. The molecule has 2 aromatic rings. The molecule has 1 N–H and O–H groups in total. The standard InChI is InChI=1S/C16H15FN2OS/c17-13-7-3-1-6-12(13)10-18-19-16(20)15-9-11-5-2-4-8-14(11)21-15/h1,3,6-7,9-10H,2,4-5,8H2,(H,19,20). The molecule has 1 aromatic carbocycles. The molecule has 0 atom stereocenters. The average Bonchev–Trinajstić information content (AvgIpc) is 2.93. The monoisotopic (exact) mass is 302 g/mol. The number of thiophene rings is 1. The zero-order valence-electron chi connectivity index (χ0n) is 11.4. The number of nitrogens with one attached hydrogen (secondary N) is 1. The zero-order valence-corrected chi connectivity index (χ0v) is 12.3. The Balaban J connectivity index is 1.67. The first-order valence-corrected chi connectivity index (χ1v) is 7.75. The molecule has 0 saturated carbocycles. The Labute approximate surface area is 126 Å². The summed E-state index contributed by atoms with van der Waals surface area (Å²) in [7, 11) is 0. The molecule has 1 heterocycles. The van der Waals surface area contributed by atoms with Gasteiger partial charge in [0.2, 0.25) is 0 Å². The van der Waals surface area contributed by atoms with Crippen molar-refractivity contribution >= 4 is 23.5 Å². The van der Waals surface area contributed by atoms with Crippen molar-refractivity contribution < 1.29 is 9.18 Å². The fourth-order valence-corrected chi connectivity index (χ4v) is 3.54. The van der Waals surface area contributed by atoms with Gasteiger partial charge in [-0.3, -0.25) is 4.79 Å². The molecular formula is C16H15FN2OS. The van der Waals surface area contributed by atoms with Crippen molar-refractivity contribution in [3.63, 3.8) is 0 Å². The van der Waals surface area contributed by atoms with E-state index in [1.165, 1.54) is 46.9 Å². The third kappa shape index (κ3) is 3.19. The molecule has 0 bridgehead atoms. The number of aryl methyl sites for hydroxylation is 2. The second-order valence-electron chi connectivity index (χ2n) is 4.99. The van der Waals surface area contributed by atoms with Crippen LogP contribution in [0, 0.1) is 5.82 Å². The van der Waals surface area contributed by atoms with Gasteiger partial charge in [0.1, 0.15) is 5.82 Å². The second-order valence-corrected chi connectivity index (χ2v) is 6.12. The van der Waals surface area contributed by atoms with E-state index >= 15 is 0 Å². The number of amides is 1. The fraction of sp³-hybridized carbons (Fsp3) is 0.250. The number of hydrogen-bond donors (Lipinski definition) is 1. The summed E-state index contributed by atoms with van der Waals surface area (Å²) in [5.41, 5.74) is 4.09. The Morgan fingerprint density at radius 3 is 2.90 bits per heavy atom. The van der Waals surface area contributed by atoms with Gasteiger partial charge in [-0.05, 0) is 43.4 Å². The van der Waals surface area contributed by atoms with Crippen LogP contribution in [0.5, 0.6) is 0 Å². The Morgan fingerprint density at radius 2 is 2.10 bits per heavy atom. The Kier molecular flexibility index (Phi) is 4.10. The largest absolute Gasteiger partial charge is 0.281 e. The van der Waals surface area contributed by atoms with Crippen molar-refractivity contribution in [1.29, 1.82) is 0 Å². The van der Waals surface area contributed by atoms with Crippen molar-refractivity contribution in [2.75, 3.05) is 0 Å². The molecule has 0 radical (unpaired) electrons. The highest BCUT2D eigenvalue weighted by molar-refractivity contribution is 7.14. The minimum absolute atomic E-state index is 0.234. The molecule has 0 saturated heterocycles. The van der Waals surface area contributed by atoms with Crippen molar-refractivity contribution in [2.24, 2.45) is 5.10 Å². The van der Waals surface area contributed by atoms with Gasteiger partial charge in [0.15, 0.2) is 0 Å². The van der Waals surface area contributed by atoms with Gasteiger partial charge in [0, 0.05) is 10.4 Å². The first-order chi connectivity index (χ1) is 10.2. The van der Waals surface area contributed by atoms with Gasteiger partial charge in [-0.1, -0.05) is 18.2 Å². The topological polar surface area (TPSA) is 41.5 Å². The lowest BCUT2D eigenvalue weighted by Gasteiger charge is -2.08. The van der Waals surface area contributed by atoms with Crippen molar-refractivity contribution in [1.82, 2.24) is 5.43 Å². The van der Waals surface area contributed by atoms with Crippen LogP contribution in [-0.2, 0) is 12.8 Å². The minimum atomic E-state index is -0.359. The lowest BCUT2D eigenvalue weighted by atomic mass is 9.99. The van der Waals surface area contributed by atoms with Gasteiger partial charge in [-0.25, -0.2) is 9.82 Å². The molecule has 5 heteroatoms. The Hall–Kier alpha value is -2.01. The highest BCUT2D eigenvalue weighted by atomic mass is 32.1. The maximum Gasteiger partial charge on any atom is 0.281 e. The van der Waals surface area contributed by atoms with Gasteiger partial charge in [0.25, 0.3) is 5.91 Å². The Bertz CT molecular complexity index is 670. The molecule has 0 spiro atoms. The van der Waals surface area contributed by atoms with Crippen LogP contribution in [0.2, 0.25) is 0 Å². The maximum atomic E-state index is 13.4. The van der Waals surface area contributed by atoms with E-state index in [4.69, 9.17) is 0 Å². The highest BCUT2D eigenvalue weighted by Crippen LogP contribution is 2.29. The summed E-state index contributed by atoms with van der Waals surface area (Å²) in [4.78, 5) is 14.0. The van der Waals surface area contributed by atoms with E-state index in [-0.39, 0.29) is 11.7 Å². The van der Waals surface area contributed by atoms with Crippen molar-refractivity contribution in [3.05, 3.63) is 57.0 Å². The molecular weight excluding hydrogens is 287 g/mol. The summed E-state index contributed by atoms with van der Waals surface area (Å²) < 4.78 is 13.4. The minimum Gasteiger partial charge on any atom is -0.266 e. The van der Waals surface area contributed by atoms with E-state index in [9.17, 15) is 9.18 Å². The molecule has 108 valence electrons. The summed E-state index contributed by atoms with van der Waals surface area (Å²) >= 11 is 1.53. The molecule has 21 heavy (non-hydrogen) atoms. The first-order valence-electron chi connectivity index (χ1n) is 6.93. The van der Waals surface area contributed by atoms with Gasteiger partial charge in [0.05, 0.1) is 11.1 Å². The lowest BCUT2D eigenvalue weighted by Crippen LogP contribution is -2.16. The van der Waals surface area contributed by atoms with Crippen LogP contribution < -0.4 is 5.43 Å². The predicted octanol–water partition coefficient (Wildman–Crippen LogP) is 3.53. The van der Waals surface area contributed by atoms with Gasteiger partial charge >= 0.3 is 0 Å². The van der Waals surface area contributed by atoms with Crippen molar-refractivity contribution in [2.45, 2.75) is 25.7 Å². The molecule has 0 unspecified atom stereocenters. The number of carbonyl (C=O) groups is 1. The number of hydrazone groups is 1. The number of halogens is 1. The number of fused-ring (bicyclic) bond motifs is 1. The maximum absolute atomic E-state index is 13.4. The average molecular weight is 302 g/mol. The third-order valence-electron chi connectivity index (χ3n) is 3.50. The third-order valence-corrected chi connectivity index (χ3v) is 4.73. The molecule has 1 aliphatic carbocycles. The summed E-state index contributed by atoms with van der Waals surface area (Å²) in [6, 6.07) is 8.25. The fourth-order valence-electron chi connectivity index (χ4n) is 2.40. The summed E-state index contributed by atoms with van der Waals surface area (Å²) in [6.07, 6.45) is 5.82. The first kappa shape index (κ1) is 13.9. The number of nitrogens with zero attached hydrogens (tertiary/aromatic N) is 1. The molecule has 1 aromatic heterocycles. The molecule has 0 aliphatic heterocycles. The summed E-state index contributed by atoms with van der Waals surface area (Å²) in [5, 5.41) is 3.83. The SMILES string of the molecule is O=C(NN=Cc1ccccc1F)c1cc2c(s1)CCCC2. The number of carbonyl (C=O) groups excluding carboxylic acids is 1. The van der Waals surface area contributed by atoms with Crippen LogP contribution in [0.15, 0.2) is 35.4 Å². The van der Waals surface area contributed by atoms with Crippen LogP contribution in [0.3, 0.4) is 0 Å². The van der Waals surface area contributed by atoms with E-state index in [2.05, 4.69) is 10.5 Å². The number of rotatable bonds is 3. The predicted molar refractivity (Wildman–Crippen MR) is 82.4 cm³/mol. The van der Waals surface area contributed by atoms with Crippen LogP contribution in [0.25, 0.3) is 0 Å². The summed E-state index contributed by atoms with van der Waals surface area (Å²) in [5.74, 6) is -0.593. The van der Waals surface area contributed by atoms with Crippen LogP contribution in [-0.4, -0.2) is 12.1 Å².